The molecule has 3 heterocycles. The fourth-order valence-electron chi connectivity index (χ4n) is 3.79. The minimum atomic E-state index is -4.51. The van der Waals surface area contributed by atoms with Crippen molar-refractivity contribution in [3.63, 3.8) is 0 Å². The Balaban J connectivity index is 1.41. The van der Waals surface area contributed by atoms with Crippen LogP contribution in [0.4, 0.5) is 23.4 Å². The quantitative estimate of drug-likeness (QED) is 0.313. The second kappa shape index (κ2) is 8.95. The fourth-order valence-corrected chi connectivity index (χ4v) is 3.79. The molecule has 5 aromatic rings. The predicted molar refractivity (Wildman–Crippen MR) is 125 cm³/mol. The van der Waals surface area contributed by atoms with E-state index in [-0.39, 0.29) is 23.0 Å². The molecule has 5 rings (SSSR count). The third-order valence-corrected chi connectivity index (χ3v) is 5.54. The van der Waals surface area contributed by atoms with Crippen LogP contribution >= 0.6 is 0 Å². The molecule has 8 nitrogen and oxygen atoms in total. The minimum Gasteiger partial charge on any atom is -0.496 e. The molecule has 3 aromatic heterocycles. The van der Waals surface area contributed by atoms with E-state index in [1.165, 1.54) is 37.2 Å². The van der Waals surface area contributed by atoms with Gasteiger partial charge in [-0.05, 0) is 17.7 Å². The molecule has 2 N–H and O–H groups in total. The first-order valence-corrected chi connectivity index (χ1v) is 10.7. The van der Waals surface area contributed by atoms with Gasteiger partial charge in [0.2, 0.25) is 0 Å². The summed E-state index contributed by atoms with van der Waals surface area (Å²) >= 11 is 0. The first-order chi connectivity index (χ1) is 17.2. The van der Waals surface area contributed by atoms with Crippen molar-refractivity contribution in [2.45, 2.75) is 12.7 Å². The van der Waals surface area contributed by atoms with E-state index in [4.69, 9.17) is 4.74 Å². The normalized spacial score (nSPS) is 11.7. The van der Waals surface area contributed by atoms with Crippen molar-refractivity contribution in [3.05, 3.63) is 72.1 Å². The van der Waals surface area contributed by atoms with Crippen LogP contribution in [0.15, 0.2) is 55.0 Å². The molecule has 0 aliphatic carbocycles. The summed E-state index contributed by atoms with van der Waals surface area (Å²) in [6.45, 7) is 0.327. The fraction of sp³-hybridized carbons (Fsp3) is 0.167. The molecule has 184 valence electrons. The summed E-state index contributed by atoms with van der Waals surface area (Å²) in [5.41, 5.74) is 1.44. The predicted octanol–water partition coefficient (Wildman–Crippen LogP) is 5.20. The number of H-pyrrole nitrogens is 1. The number of hydrogen-bond acceptors (Lipinski definition) is 6. The van der Waals surface area contributed by atoms with Crippen LogP contribution in [0.25, 0.3) is 33.9 Å². The Morgan fingerprint density at radius 3 is 2.53 bits per heavy atom. The zero-order valence-corrected chi connectivity index (χ0v) is 19.1. The number of halogens is 4. The largest absolute Gasteiger partial charge is 0.496 e. The highest BCUT2D eigenvalue weighted by Gasteiger charge is 2.34. The van der Waals surface area contributed by atoms with E-state index in [9.17, 15) is 17.6 Å². The number of hydrogen-bond donors (Lipinski definition) is 2. The Morgan fingerprint density at radius 1 is 1.06 bits per heavy atom. The van der Waals surface area contributed by atoms with Gasteiger partial charge in [-0.25, -0.2) is 24.3 Å². The lowest BCUT2D eigenvalue weighted by Crippen LogP contribution is -2.05. The molecule has 0 fully saturated rings. The number of nitrogens with zero attached hydrogens (tertiary/aromatic N) is 5. The van der Waals surface area contributed by atoms with E-state index in [2.05, 4.69) is 30.2 Å². The molecule has 0 atom stereocenters. The number of nitrogens with one attached hydrogen (secondary N) is 2. The van der Waals surface area contributed by atoms with Crippen molar-refractivity contribution in [3.8, 4) is 28.5 Å². The maximum absolute atomic E-state index is 14.6. The number of ether oxygens (including phenoxy) is 1. The zero-order valence-electron chi connectivity index (χ0n) is 19.1. The van der Waals surface area contributed by atoms with Gasteiger partial charge in [-0.3, -0.25) is 0 Å². The first kappa shape index (κ1) is 23.3. The van der Waals surface area contributed by atoms with Gasteiger partial charge >= 0.3 is 6.18 Å². The highest BCUT2D eigenvalue weighted by Crippen LogP contribution is 2.33. The summed E-state index contributed by atoms with van der Waals surface area (Å²) in [5.74, 6) is 0.474. The van der Waals surface area contributed by atoms with Gasteiger partial charge in [0, 0.05) is 25.4 Å². The summed E-state index contributed by atoms with van der Waals surface area (Å²) in [5, 5.41) is 3.20. The zero-order chi connectivity index (χ0) is 25.4. The van der Waals surface area contributed by atoms with Gasteiger partial charge in [0.1, 0.15) is 22.9 Å². The van der Waals surface area contributed by atoms with Crippen LogP contribution in [-0.2, 0) is 19.8 Å². The van der Waals surface area contributed by atoms with Crippen LogP contribution in [0.2, 0.25) is 0 Å². The molecular formula is C24H19F4N7O. The number of aromatic nitrogens is 6. The second-order valence-electron chi connectivity index (χ2n) is 7.92. The molecule has 0 aliphatic heterocycles. The van der Waals surface area contributed by atoms with Crippen LogP contribution in [-0.4, -0.2) is 36.6 Å². The molecule has 0 saturated heterocycles. The van der Waals surface area contributed by atoms with Gasteiger partial charge in [-0.15, -0.1) is 0 Å². The number of imidazole rings is 2. The standard InChI is InChI=1S/C24H19F4N7O/c1-35-11-17(24(26,27)28)32-23(35)14-8-6-13(7-9-14)10-29-21-19-22(31-12-30-19)34-20(33-21)18-15(25)4-3-5-16(18)36-2/h3-9,11-12H,10H2,1-2H3,(H2,29,30,31,33,34). The molecule has 0 saturated carbocycles. The molecule has 0 amide bonds. The molecule has 2 aromatic carbocycles. The number of alkyl halides is 3. The lowest BCUT2D eigenvalue weighted by molar-refractivity contribution is -0.140. The number of benzene rings is 2. The van der Waals surface area contributed by atoms with Gasteiger partial charge in [0.25, 0.3) is 0 Å². The van der Waals surface area contributed by atoms with Gasteiger partial charge in [-0.1, -0.05) is 30.3 Å². The molecule has 0 radical (unpaired) electrons. The van der Waals surface area contributed by atoms with Crippen molar-refractivity contribution >= 4 is 17.0 Å². The van der Waals surface area contributed by atoms with Gasteiger partial charge in [0.15, 0.2) is 23.0 Å². The van der Waals surface area contributed by atoms with E-state index >= 15 is 0 Å². The maximum Gasteiger partial charge on any atom is 0.434 e. The average molecular weight is 497 g/mol. The van der Waals surface area contributed by atoms with E-state index in [0.717, 1.165) is 11.8 Å². The van der Waals surface area contributed by atoms with E-state index < -0.39 is 17.7 Å². The third-order valence-electron chi connectivity index (χ3n) is 5.54. The Kier molecular flexibility index (Phi) is 5.78. The van der Waals surface area contributed by atoms with Crippen molar-refractivity contribution in [1.29, 1.82) is 0 Å². The summed E-state index contributed by atoms with van der Waals surface area (Å²) in [7, 11) is 2.95. The smallest absolute Gasteiger partial charge is 0.434 e. The number of anilines is 1. The van der Waals surface area contributed by atoms with Gasteiger partial charge in [-0.2, -0.15) is 13.2 Å². The molecule has 12 heteroatoms. The Morgan fingerprint density at radius 2 is 1.83 bits per heavy atom. The van der Waals surface area contributed by atoms with E-state index in [1.807, 2.05) is 0 Å². The van der Waals surface area contributed by atoms with Crippen molar-refractivity contribution < 1.29 is 22.3 Å². The summed E-state index contributed by atoms with van der Waals surface area (Å²) < 4.78 is 60.2. The number of rotatable bonds is 6. The summed E-state index contributed by atoms with van der Waals surface area (Å²) in [6.07, 6.45) is -2.09. The second-order valence-corrected chi connectivity index (χ2v) is 7.92. The summed E-state index contributed by atoms with van der Waals surface area (Å²) in [6, 6.07) is 11.4. The van der Waals surface area contributed by atoms with Crippen molar-refractivity contribution in [2.24, 2.45) is 7.05 Å². The monoisotopic (exact) mass is 497 g/mol. The number of aromatic amines is 1. The lowest BCUT2D eigenvalue weighted by Gasteiger charge is -2.11. The number of aryl methyl sites for hydroxylation is 1. The average Bonchev–Trinajstić information content (AvgIpc) is 3.49. The van der Waals surface area contributed by atoms with Gasteiger partial charge in [0.05, 0.1) is 19.0 Å². The Bertz CT molecular complexity index is 1540. The number of methoxy groups -OCH3 is 1. The number of fused-ring (bicyclic) bond motifs is 1. The Labute approximate surface area is 202 Å². The first-order valence-electron chi connectivity index (χ1n) is 10.7. The highest BCUT2D eigenvalue weighted by atomic mass is 19.4. The Hall–Kier alpha value is -4.48. The molecule has 0 bridgehead atoms. The topological polar surface area (TPSA) is 93.5 Å². The van der Waals surface area contributed by atoms with Crippen LogP contribution in [0.3, 0.4) is 0 Å². The van der Waals surface area contributed by atoms with Crippen LogP contribution in [0.5, 0.6) is 5.75 Å². The van der Waals surface area contributed by atoms with Crippen LogP contribution in [0.1, 0.15) is 11.3 Å². The maximum atomic E-state index is 14.6. The molecule has 36 heavy (non-hydrogen) atoms. The molecule has 0 spiro atoms. The van der Waals surface area contributed by atoms with Gasteiger partial charge < -0.3 is 19.6 Å². The summed E-state index contributed by atoms with van der Waals surface area (Å²) in [4.78, 5) is 19.7. The highest BCUT2D eigenvalue weighted by molar-refractivity contribution is 5.85. The SMILES string of the molecule is COc1cccc(F)c1-c1nc(NCc2ccc(-c3nc(C(F)(F)F)cn3C)cc2)c2[nH]cnc2n1. The lowest BCUT2D eigenvalue weighted by atomic mass is 10.1. The minimum absolute atomic E-state index is 0.109. The third kappa shape index (κ3) is 4.32. The van der Waals surface area contributed by atoms with Crippen molar-refractivity contribution in [1.82, 2.24) is 29.5 Å². The van der Waals surface area contributed by atoms with Crippen LogP contribution < -0.4 is 10.1 Å². The van der Waals surface area contributed by atoms with E-state index in [0.29, 0.717) is 29.1 Å². The van der Waals surface area contributed by atoms with E-state index in [1.54, 1.807) is 30.3 Å². The molecule has 0 aliphatic rings. The van der Waals surface area contributed by atoms with Crippen LogP contribution in [0, 0.1) is 5.82 Å². The molecule has 0 unspecified atom stereocenters. The van der Waals surface area contributed by atoms with Crippen molar-refractivity contribution in [2.75, 3.05) is 12.4 Å². The molecular weight excluding hydrogens is 478 g/mol.